The molecule has 2 aromatic rings. The highest BCUT2D eigenvalue weighted by molar-refractivity contribution is 5.99. The molecule has 24 heavy (non-hydrogen) atoms. The monoisotopic (exact) mass is 323 g/mol. The average Bonchev–Trinajstić information content (AvgIpc) is 2.63. The summed E-state index contributed by atoms with van der Waals surface area (Å²) in [7, 11) is 0. The molecular weight excluding hydrogens is 302 g/mol. The van der Waals surface area contributed by atoms with Crippen molar-refractivity contribution in [1.29, 1.82) is 0 Å². The molecule has 0 radical (unpaired) electrons. The highest BCUT2D eigenvalue weighted by Gasteiger charge is 2.43. The molecule has 0 unspecified atom stereocenters. The minimum absolute atomic E-state index is 0.0249. The van der Waals surface area contributed by atoms with E-state index in [4.69, 9.17) is 0 Å². The van der Waals surface area contributed by atoms with Crippen LogP contribution in [-0.2, 0) is 15.0 Å². The van der Waals surface area contributed by atoms with Crippen LogP contribution in [-0.4, -0.2) is 34.8 Å². The van der Waals surface area contributed by atoms with Crippen LogP contribution in [0.25, 0.3) is 0 Å². The van der Waals surface area contributed by atoms with E-state index < -0.39 is 5.41 Å². The fraction of sp³-hybridized carbons (Fsp3) is 0.316. The van der Waals surface area contributed by atoms with Gasteiger partial charge in [0.05, 0.1) is 5.41 Å². The van der Waals surface area contributed by atoms with E-state index in [1.807, 2.05) is 30.3 Å². The van der Waals surface area contributed by atoms with Crippen LogP contribution in [0.3, 0.4) is 0 Å². The highest BCUT2D eigenvalue weighted by Crippen LogP contribution is 2.36. The maximum atomic E-state index is 13.1. The lowest BCUT2D eigenvalue weighted by molar-refractivity contribution is -0.133. The molecule has 0 saturated carbocycles. The summed E-state index contributed by atoms with van der Waals surface area (Å²) in [5, 5.41) is 3.01. The number of benzene rings is 1. The van der Waals surface area contributed by atoms with Gasteiger partial charge in [-0.05, 0) is 30.5 Å². The molecule has 0 aliphatic carbocycles. The largest absolute Gasteiger partial charge is 0.343 e. The molecule has 1 saturated heterocycles. The summed E-state index contributed by atoms with van der Waals surface area (Å²) in [6.07, 6.45) is 4.55. The van der Waals surface area contributed by atoms with Crippen molar-refractivity contribution in [2.24, 2.45) is 0 Å². The third kappa shape index (κ3) is 3.15. The number of pyridine rings is 1. The molecule has 1 aromatic carbocycles. The summed E-state index contributed by atoms with van der Waals surface area (Å²) in [6, 6.07) is 13.4. The van der Waals surface area contributed by atoms with E-state index >= 15 is 0 Å². The molecule has 1 aliphatic heterocycles. The fourth-order valence-electron chi connectivity index (χ4n) is 3.29. The fourth-order valence-corrected chi connectivity index (χ4v) is 3.29. The Bertz CT molecular complexity index is 708. The first-order valence-electron chi connectivity index (χ1n) is 8.14. The lowest BCUT2D eigenvalue weighted by Crippen LogP contribution is -2.50. The number of hydrogen-bond acceptors (Lipinski definition) is 3. The van der Waals surface area contributed by atoms with Gasteiger partial charge in [0, 0.05) is 38.1 Å². The van der Waals surface area contributed by atoms with Crippen molar-refractivity contribution in [3.05, 3.63) is 60.4 Å². The SMILES string of the molecule is CC(=O)N1CCC(C(=O)Nc2ccncc2)(c2ccccc2)CC1. The first-order chi connectivity index (χ1) is 11.6. The Kier molecular flexibility index (Phi) is 4.60. The molecule has 1 fully saturated rings. The summed E-state index contributed by atoms with van der Waals surface area (Å²) >= 11 is 0. The molecule has 5 heteroatoms. The van der Waals surface area contributed by atoms with Crippen LogP contribution in [0.15, 0.2) is 54.9 Å². The number of carbonyl (C=O) groups is 2. The summed E-state index contributed by atoms with van der Waals surface area (Å²) in [5.41, 5.74) is 1.12. The first-order valence-corrected chi connectivity index (χ1v) is 8.14. The van der Waals surface area contributed by atoms with E-state index in [9.17, 15) is 9.59 Å². The summed E-state index contributed by atoms with van der Waals surface area (Å²) in [4.78, 5) is 30.5. The number of nitrogens with one attached hydrogen (secondary N) is 1. The minimum Gasteiger partial charge on any atom is -0.343 e. The number of nitrogens with zero attached hydrogens (tertiary/aromatic N) is 2. The molecule has 0 atom stereocenters. The predicted molar refractivity (Wildman–Crippen MR) is 92.5 cm³/mol. The molecule has 3 rings (SSSR count). The second kappa shape index (κ2) is 6.83. The molecular formula is C19H21N3O2. The van der Waals surface area contributed by atoms with E-state index in [0.29, 0.717) is 25.9 Å². The molecule has 2 amide bonds. The van der Waals surface area contributed by atoms with Gasteiger partial charge in [0.1, 0.15) is 0 Å². The zero-order chi connectivity index (χ0) is 17.0. The molecule has 2 heterocycles. The number of carbonyl (C=O) groups excluding carboxylic acids is 2. The van der Waals surface area contributed by atoms with Crippen LogP contribution in [0.1, 0.15) is 25.3 Å². The van der Waals surface area contributed by atoms with Gasteiger partial charge in [0.15, 0.2) is 0 Å². The second-order valence-corrected chi connectivity index (χ2v) is 6.14. The van der Waals surface area contributed by atoms with E-state index in [1.54, 1.807) is 36.4 Å². The second-order valence-electron chi connectivity index (χ2n) is 6.14. The van der Waals surface area contributed by atoms with Crippen LogP contribution in [0.4, 0.5) is 5.69 Å². The van der Waals surface area contributed by atoms with Gasteiger partial charge in [-0.1, -0.05) is 30.3 Å². The zero-order valence-corrected chi connectivity index (χ0v) is 13.7. The number of anilines is 1. The zero-order valence-electron chi connectivity index (χ0n) is 13.7. The Labute approximate surface area is 141 Å². The van der Waals surface area contributed by atoms with Gasteiger partial charge in [-0.2, -0.15) is 0 Å². The summed E-state index contributed by atoms with van der Waals surface area (Å²) in [6.45, 7) is 2.76. The van der Waals surface area contributed by atoms with E-state index in [0.717, 1.165) is 11.3 Å². The lowest BCUT2D eigenvalue weighted by Gasteiger charge is -2.40. The van der Waals surface area contributed by atoms with Crippen molar-refractivity contribution < 1.29 is 9.59 Å². The van der Waals surface area contributed by atoms with Crippen LogP contribution < -0.4 is 5.32 Å². The number of aromatic nitrogens is 1. The van der Waals surface area contributed by atoms with Crippen molar-refractivity contribution in [1.82, 2.24) is 9.88 Å². The number of hydrogen-bond donors (Lipinski definition) is 1. The van der Waals surface area contributed by atoms with Crippen molar-refractivity contribution in [2.45, 2.75) is 25.2 Å². The van der Waals surface area contributed by atoms with E-state index in [2.05, 4.69) is 10.3 Å². The normalized spacial score (nSPS) is 16.5. The number of amides is 2. The Morgan fingerprint density at radius 3 is 2.25 bits per heavy atom. The minimum atomic E-state index is -0.615. The number of likely N-dealkylation sites (tertiary alicyclic amines) is 1. The van der Waals surface area contributed by atoms with Crippen molar-refractivity contribution >= 4 is 17.5 Å². The van der Waals surface area contributed by atoms with Gasteiger partial charge in [-0.3, -0.25) is 14.6 Å². The summed E-state index contributed by atoms with van der Waals surface area (Å²) < 4.78 is 0. The number of rotatable bonds is 3. The van der Waals surface area contributed by atoms with Gasteiger partial charge in [-0.25, -0.2) is 0 Å². The average molecular weight is 323 g/mol. The molecule has 1 aliphatic rings. The Balaban J connectivity index is 1.89. The van der Waals surface area contributed by atoms with Gasteiger partial charge in [0.2, 0.25) is 11.8 Å². The van der Waals surface area contributed by atoms with Gasteiger partial charge < -0.3 is 10.2 Å². The molecule has 1 aromatic heterocycles. The first kappa shape index (κ1) is 16.2. The van der Waals surface area contributed by atoms with Gasteiger partial charge in [0.25, 0.3) is 0 Å². The molecule has 5 nitrogen and oxygen atoms in total. The molecule has 0 spiro atoms. The van der Waals surface area contributed by atoms with E-state index in [-0.39, 0.29) is 11.8 Å². The highest BCUT2D eigenvalue weighted by atomic mass is 16.2. The Morgan fingerprint density at radius 2 is 1.67 bits per heavy atom. The van der Waals surface area contributed by atoms with Crippen molar-refractivity contribution in [3.8, 4) is 0 Å². The van der Waals surface area contributed by atoms with Gasteiger partial charge >= 0.3 is 0 Å². The Morgan fingerprint density at radius 1 is 1.04 bits per heavy atom. The van der Waals surface area contributed by atoms with Crippen LogP contribution >= 0.6 is 0 Å². The predicted octanol–water partition coefficient (Wildman–Crippen LogP) is 2.60. The Hall–Kier alpha value is -2.69. The van der Waals surface area contributed by atoms with E-state index in [1.165, 1.54) is 0 Å². The topological polar surface area (TPSA) is 62.3 Å². The van der Waals surface area contributed by atoms with Crippen LogP contribution in [0, 0.1) is 0 Å². The van der Waals surface area contributed by atoms with Crippen LogP contribution in [0.2, 0.25) is 0 Å². The molecule has 1 N–H and O–H groups in total. The molecule has 124 valence electrons. The maximum Gasteiger partial charge on any atom is 0.235 e. The molecule has 0 bridgehead atoms. The lowest BCUT2D eigenvalue weighted by atomic mass is 9.72. The maximum absolute atomic E-state index is 13.1. The smallest absolute Gasteiger partial charge is 0.235 e. The van der Waals surface area contributed by atoms with Crippen LogP contribution in [0.5, 0.6) is 0 Å². The van der Waals surface area contributed by atoms with Crippen molar-refractivity contribution in [2.75, 3.05) is 18.4 Å². The standard InChI is InChI=1S/C19H21N3O2/c1-15(23)22-13-9-19(10-14-22,16-5-3-2-4-6-16)18(24)21-17-7-11-20-12-8-17/h2-8,11-12H,9-10,13-14H2,1H3,(H,20,21,24). The third-order valence-electron chi connectivity index (χ3n) is 4.76. The third-order valence-corrected chi connectivity index (χ3v) is 4.76. The quantitative estimate of drug-likeness (QED) is 0.944. The van der Waals surface area contributed by atoms with Gasteiger partial charge in [-0.15, -0.1) is 0 Å². The van der Waals surface area contributed by atoms with Crippen molar-refractivity contribution in [3.63, 3.8) is 0 Å². The summed E-state index contributed by atoms with van der Waals surface area (Å²) in [5.74, 6) is 0.0364. The number of piperidine rings is 1.